The molecule has 0 spiro atoms. The van der Waals surface area contributed by atoms with Gasteiger partial charge in [0, 0.05) is 5.69 Å². The SMILES string of the molecule is N#Cc1ccc(NCC(F)(F)C(F)F)cc1Cl. The van der Waals surface area contributed by atoms with Gasteiger partial charge in [-0.1, -0.05) is 11.6 Å². The lowest BCUT2D eigenvalue weighted by Crippen LogP contribution is -2.34. The van der Waals surface area contributed by atoms with Crippen molar-refractivity contribution in [2.45, 2.75) is 12.3 Å². The van der Waals surface area contributed by atoms with E-state index in [2.05, 4.69) is 5.32 Å². The first-order valence-electron chi connectivity index (χ1n) is 4.46. The Morgan fingerprint density at radius 1 is 1.41 bits per heavy atom. The van der Waals surface area contributed by atoms with Gasteiger partial charge in [0.25, 0.3) is 0 Å². The van der Waals surface area contributed by atoms with Crippen molar-refractivity contribution in [1.29, 1.82) is 5.26 Å². The summed E-state index contributed by atoms with van der Waals surface area (Å²) < 4.78 is 48.9. The monoisotopic (exact) mass is 266 g/mol. The maximum Gasteiger partial charge on any atom is 0.324 e. The van der Waals surface area contributed by atoms with Crippen molar-refractivity contribution < 1.29 is 17.6 Å². The van der Waals surface area contributed by atoms with E-state index < -0.39 is 18.9 Å². The van der Waals surface area contributed by atoms with Crippen molar-refractivity contribution in [2.75, 3.05) is 11.9 Å². The van der Waals surface area contributed by atoms with Crippen LogP contribution < -0.4 is 5.32 Å². The first-order chi connectivity index (χ1) is 7.86. The van der Waals surface area contributed by atoms with Gasteiger partial charge in [-0.2, -0.15) is 14.0 Å². The number of halogens is 5. The summed E-state index contributed by atoms with van der Waals surface area (Å²) in [4.78, 5) is 0. The first kappa shape index (κ1) is 13.6. The van der Waals surface area contributed by atoms with Gasteiger partial charge in [-0.25, -0.2) is 8.78 Å². The van der Waals surface area contributed by atoms with Crippen LogP contribution in [-0.2, 0) is 0 Å². The van der Waals surface area contributed by atoms with Gasteiger partial charge in [0.2, 0.25) is 0 Å². The minimum atomic E-state index is -4.11. The fourth-order valence-electron chi connectivity index (χ4n) is 1.01. The van der Waals surface area contributed by atoms with Gasteiger partial charge >= 0.3 is 12.3 Å². The molecule has 0 saturated heterocycles. The molecular formula is C10H7ClF4N2. The van der Waals surface area contributed by atoms with Crippen molar-refractivity contribution in [3.8, 4) is 6.07 Å². The Morgan fingerprint density at radius 2 is 2.06 bits per heavy atom. The predicted molar refractivity (Wildman–Crippen MR) is 55.6 cm³/mol. The molecule has 7 heteroatoms. The molecule has 2 nitrogen and oxygen atoms in total. The standard InChI is InChI=1S/C10H7ClF4N2/c11-8-3-7(2-1-6(8)4-16)17-5-10(14,15)9(12)13/h1-3,9,17H,5H2. The van der Waals surface area contributed by atoms with Crippen LogP contribution in [0.3, 0.4) is 0 Å². The lowest BCUT2D eigenvalue weighted by molar-refractivity contribution is -0.117. The van der Waals surface area contributed by atoms with Gasteiger partial charge in [0.05, 0.1) is 17.1 Å². The van der Waals surface area contributed by atoms with Crippen LogP contribution in [0.15, 0.2) is 18.2 Å². The van der Waals surface area contributed by atoms with Crippen molar-refractivity contribution in [2.24, 2.45) is 0 Å². The van der Waals surface area contributed by atoms with Crippen molar-refractivity contribution >= 4 is 17.3 Å². The smallest absolute Gasteiger partial charge is 0.324 e. The van der Waals surface area contributed by atoms with Gasteiger partial charge in [-0.3, -0.25) is 0 Å². The Balaban J connectivity index is 2.72. The van der Waals surface area contributed by atoms with Crippen LogP contribution >= 0.6 is 11.6 Å². The van der Waals surface area contributed by atoms with E-state index in [1.54, 1.807) is 6.07 Å². The largest absolute Gasteiger partial charge is 0.379 e. The van der Waals surface area contributed by atoms with Crippen LogP contribution in [0.1, 0.15) is 5.56 Å². The average molecular weight is 267 g/mol. The second kappa shape index (κ2) is 5.23. The zero-order valence-corrected chi connectivity index (χ0v) is 9.11. The molecule has 17 heavy (non-hydrogen) atoms. The number of benzene rings is 1. The first-order valence-corrected chi connectivity index (χ1v) is 4.84. The molecule has 0 radical (unpaired) electrons. The lowest BCUT2D eigenvalue weighted by atomic mass is 10.2. The molecule has 0 bridgehead atoms. The highest BCUT2D eigenvalue weighted by molar-refractivity contribution is 6.32. The number of nitriles is 1. The highest BCUT2D eigenvalue weighted by Crippen LogP contribution is 2.25. The summed E-state index contributed by atoms with van der Waals surface area (Å²) >= 11 is 5.64. The number of hydrogen-bond acceptors (Lipinski definition) is 2. The molecule has 0 fully saturated rings. The summed E-state index contributed by atoms with van der Waals surface area (Å²) in [6.07, 6.45) is -3.73. The second-order valence-electron chi connectivity index (χ2n) is 3.22. The quantitative estimate of drug-likeness (QED) is 0.847. The molecule has 92 valence electrons. The molecule has 1 N–H and O–H groups in total. The van der Waals surface area contributed by atoms with Crippen LogP contribution in [0.2, 0.25) is 5.02 Å². The summed E-state index contributed by atoms with van der Waals surface area (Å²) in [6.45, 7) is -1.20. The number of anilines is 1. The summed E-state index contributed by atoms with van der Waals surface area (Å²) in [7, 11) is 0. The molecule has 0 atom stereocenters. The topological polar surface area (TPSA) is 35.8 Å². The second-order valence-corrected chi connectivity index (χ2v) is 3.63. The summed E-state index contributed by atoms with van der Waals surface area (Å²) in [6, 6.07) is 5.63. The van der Waals surface area contributed by atoms with Crippen LogP contribution in [0, 0.1) is 11.3 Å². The van der Waals surface area contributed by atoms with E-state index in [9.17, 15) is 17.6 Å². The van der Waals surface area contributed by atoms with Crippen LogP contribution in [-0.4, -0.2) is 18.9 Å². The molecule has 1 aromatic rings. The van der Waals surface area contributed by atoms with E-state index in [0.29, 0.717) is 0 Å². The van der Waals surface area contributed by atoms with E-state index in [4.69, 9.17) is 16.9 Å². The minimum absolute atomic E-state index is 0.0675. The average Bonchev–Trinajstić information content (AvgIpc) is 2.26. The molecule has 0 aliphatic heterocycles. The highest BCUT2D eigenvalue weighted by atomic mass is 35.5. The molecule has 0 heterocycles. The molecule has 0 aliphatic rings. The van der Waals surface area contributed by atoms with Crippen LogP contribution in [0.5, 0.6) is 0 Å². The molecule has 1 aromatic carbocycles. The number of hydrogen-bond donors (Lipinski definition) is 1. The lowest BCUT2D eigenvalue weighted by Gasteiger charge is -2.16. The molecule has 1 rings (SSSR count). The van der Waals surface area contributed by atoms with Crippen molar-refractivity contribution in [1.82, 2.24) is 0 Å². The Bertz CT molecular complexity index is 442. The van der Waals surface area contributed by atoms with E-state index in [-0.39, 0.29) is 16.3 Å². The van der Waals surface area contributed by atoms with Crippen molar-refractivity contribution in [3.05, 3.63) is 28.8 Å². The number of nitrogens with zero attached hydrogens (tertiary/aromatic N) is 1. The molecule has 0 aliphatic carbocycles. The number of rotatable bonds is 4. The zero-order chi connectivity index (χ0) is 13.1. The summed E-state index contributed by atoms with van der Waals surface area (Å²) in [5, 5.41) is 10.8. The van der Waals surface area contributed by atoms with Gasteiger partial charge in [0.1, 0.15) is 6.07 Å². The summed E-state index contributed by atoms with van der Waals surface area (Å²) in [5.74, 6) is -4.11. The predicted octanol–water partition coefficient (Wildman–Crippen LogP) is 3.52. The molecule has 0 aromatic heterocycles. The third-order valence-corrected chi connectivity index (χ3v) is 2.25. The van der Waals surface area contributed by atoms with Crippen molar-refractivity contribution in [3.63, 3.8) is 0 Å². The Hall–Kier alpha value is -1.48. The van der Waals surface area contributed by atoms with Crippen LogP contribution in [0.25, 0.3) is 0 Å². The van der Waals surface area contributed by atoms with E-state index in [1.165, 1.54) is 18.2 Å². The van der Waals surface area contributed by atoms with Gasteiger partial charge in [0.15, 0.2) is 0 Å². The van der Waals surface area contributed by atoms with E-state index in [0.717, 1.165) is 0 Å². The Kier molecular flexibility index (Phi) is 4.18. The van der Waals surface area contributed by atoms with E-state index in [1.807, 2.05) is 0 Å². The maximum atomic E-state index is 12.6. The van der Waals surface area contributed by atoms with Gasteiger partial charge in [-0.05, 0) is 18.2 Å². The molecule has 0 amide bonds. The van der Waals surface area contributed by atoms with Gasteiger partial charge in [-0.15, -0.1) is 0 Å². The maximum absolute atomic E-state index is 12.6. The molecule has 0 unspecified atom stereocenters. The van der Waals surface area contributed by atoms with Gasteiger partial charge < -0.3 is 5.32 Å². The minimum Gasteiger partial charge on any atom is -0.379 e. The van der Waals surface area contributed by atoms with E-state index >= 15 is 0 Å². The summed E-state index contributed by atoms with van der Waals surface area (Å²) in [5.41, 5.74) is 0.326. The molecular weight excluding hydrogens is 260 g/mol. The zero-order valence-electron chi connectivity index (χ0n) is 8.35. The highest BCUT2D eigenvalue weighted by Gasteiger charge is 2.40. The normalized spacial score (nSPS) is 11.4. The Labute approximate surface area is 99.8 Å². The third-order valence-electron chi connectivity index (χ3n) is 1.94. The Morgan fingerprint density at radius 3 is 2.53 bits per heavy atom. The molecule has 0 saturated carbocycles. The fraction of sp³-hybridized carbons (Fsp3) is 0.300. The third kappa shape index (κ3) is 3.49. The van der Waals surface area contributed by atoms with Crippen LogP contribution in [0.4, 0.5) is 23.2 Å². The fourth-order valence-corrected chi connectivity index (χ4v) is 1.24. The number of nitrogens with one attached hydrogen (secondary N) is 1. The number of alkyl halides is 4.